The van der Waals surface area contributed by atoms with Gasteiger partial charge < -0.3 is 9.73 Å². The summed E-state index contributed by atoms with van der Waals surface area (Å²) in [4.78, 5) is 24.4. The minimum absolute atomic E-state index is 0.00868. The lowest BCUT2D eigenvalue weighted by atomic mass is 10.2. The van der Waals surface area contributed by atoms with Crippen LogP contribution in [0.15, 0.2) is 70.4 Å². The summed E-state index contributed by atoms with van der Waals surface area (Å²) in [6.07, 6.45) is 2.77. The molecule has 0 aliphatic heterocycles. The van der Waals surface area contributed by atoms with Gasteiger partial charge in [-0.05, 0) is 55.5 Å². The molecule has 0 unspecified atom stereocenters. The van der Waals surface area contributed by atoms with Crippen molar-refractivity contribution in [1.82, 2.24) is 15.0 Å². The van der Waals surface area contributed by atoms with Crippen LogP contribution in [0, 0.1) is 6.92 Å². The third-order valence-electron chi connectivity index (χ3n) is 4.04. The van der Waals surface area contributed by atoms with Gasteiger partial charge in [0.05, 0.1) is 4.90 Å². The number of benzene rings is 2. The molecule has 29 heavy (non-hydrogen) atoms. The van der Waals surface area contributed by atoms with E-state index in [4.69, 9.17) is 4.42 Å². The minimum atomic E-state index is -3.85. The molecule has 2 aromatic heterocycles. The largest absolute Gasteiger partial charge is 0.443 e. The molecule has 2 N–H and O–H groups in total. The fourth-order valence-electron chi connectivity index (χ4n) is 2.60. The van der Waals surface area contributed by atoms with Crippen molar-refractivity contribution < 1.29 is 17.6 Å². The first-order valence-electron chi connectivity index (χ1n) is 8.48. The molecule has 0 radical (unpaired) electrons. The highest BCUT2D eigenvalue weighted by atomic mass is 32.2. The second-order valence-corrected chi connectivity index (χ2v) is 7.82. The van der Waals surface area contributed by atoms with Crippen LogP contribution < -0.4 is 10.0 Å². The summed E-state index contributed by atoms with van der Waals surface area (Å²) in [5.74, 6) is -0.359. The molecule has 2 aromatic carbocycles. The molecule has 0 fully saturated rings. The van der Waals surface area contributed by atoms with E-state index in [-0.39, 0.29) is 16.8 Å². The Morgan fingerprint density at radius 2 is 1.83 bits per heavy atom. The predicted molar refractivity (Wildman–Crippen MR) is 106 cm³/mol. The van der Waals surface area contributed by atoms with E-state index in [1.807, 2.05) is 0 Å². The van der Waals surface area contributed by atoms with Gasteiger partial charge in [-0.2, -0.15) is 0 Å². The summed E-state index contributed by atoms with van der Waals surface area (Å²) in [6.45, 7) is 1.73. The average molecular weight is 409 g/mol. The number of oxazole rings is 1. The highest BCUT2D eigenvalue weighted by Crippen LogP contribution is 2.19. The normalized spacial score (nSPS) is 11.3. The van der Waals surface area contributed by atoms with Gasteiger partial charge in [-0.1, -0.05) is 0 Å². The number of nitrogens with zero attached hydrogens (tertiary/aromatic N) is 3. The predicted octanol–water partition coefficient (Wildman–Crippen LogP) is 2.98. The molecule has 2 heterocycles. The molecule has 4 rings (SSSR count). The Morgan fingerprint density at radius 1 is 1.03 bits per heavy atom. The van der Waals surface area contributed by atoms with Gasteiger partial charge >= 0.3 is 0 Å². The maximum Gasteiger partial charge on any atom is 0.264 e. The number of aromatic nitrogens is 3. The van der Waals surface area contributed by atoms with Gasteiger partial charge in [0.1, 0.15) is 5.52 Å². The summed E-state index contributed by atoms with van der Waals surface area (Å²) in [7, 11) is -3.85. The van der Waals surface area contributed by atoms with Gasteiger partial charge in [-0.3, -0.25) is 4.79 Å². The number of anilines is 2. The van der Waals surface area contributed by atoms with Crippen LogP contribution in [0.2, 0.25) is 0 Å². The highest BCUT2D eigenvalue weighted by molar-refractivity contribution is 7.92. The Hall–Kier alpha value is -3.79. The molecule has 10 heteroatoms. The van der Waals surface area contributed by atoms with Crippen molar-refractivity contribution in [3.63, 3.8) is 0 Å². The van der Waals surface area contributed by atoms with Crippen molar-refractivity contribution in [2.45, 2.75) is 11.8 Å². The molecule has 0 saturated carbocycles. The maximum atomic E-state index is 12.5. The van der Waals surface area contributed by atoms with E-state index in [1.165, 1.54) is 36.9 Å². The Labute approximate surface area is 165 Å². The van der Waals surface area contributed by atoms with Crippen molar-refractivity contribution in [2.24, 2.45) is 0 Å². The molecule has 0 aliphatic rings. The van der Waals surface area contributed by atoms with Gasteiger partial charge in [0.15, 0.2) is 12.0 Å². The smallest absolute Gasteiger partial charge is 0.264 e. The molecule has 4 aromatic rings. The third kappa shape index (κ3) is 4.06. The first kappa shape index (κ1) is 18.6. The molecule has 0 atom stereocenters. The number of hydrogen-bond donors (Lipinski definition) is 2. The van der Waals surface area contributed by atoms with Crippen LogP contribution in [-0.4, -0.2) is 29.3 Å². The van der Waals surface area contributed by atoms with E-state index in [2.05, 4.69) is 25.0 Å². The van der Waals surface area contributed by atoms with E-state index in [0.717, 1.165) is 0 Å². The summed E-state index contributed by atoms with van der Waals surface area (Å²) in [6, 6.07) is 12.3. The summed E-state index contributed by atoms with van der Waals surface area (Å²) in [5, 5.41) is 2.71. The van der Waals surface area contributed by atoms with Crippen molar-refractivity contribution >= 4 is 38.7 Å². The summed E-state index contributed by atoms with van der Waals surface area (Å²) >= 11 is 0. The molecule has 0 spiro atoms. The van der Waals surface area contributed by atoms with E-state index in [0.29, 0.717) is 28.0 Å². The molecular formula is C19H15N5O4S. The van der Waals surface area contributed by atoms with Gasteiger partial charge in [0.25, 0.3) is 15.9 Å². The van der Waals surface area contributed by atoms with Gasteiger partial charge in [0.2, 0.25) is 5.95 Å². The van der Waals surface area contributed by atoms with Crippen LogP contribution in [0.3, 0.4) is 0 Å². The van der Waals surface area contributed by atoms with Crippen molar-refractivity contribution in [3.8, 4) is 0 Å². The average Bonchev–Trinajstić information content (AvgIpc) is 3.16. The second-order valence-electron chi connectivity index (χ2n) is 6.14. The Balaban J connectivity index is 1.48. The topological polar surface area (TPSA) is 127 Å². The van der Waals surface area contributed by atoms with Gasteiger partial charge in [0, 0.05) is 23.1 Å². The number of carbonyl (C=O) groups is 1. The zero-order valence-corrected chi connectivity index (χ0v) is 16.0. The maximum absolute atomic E-state index is 12.5. The quantitative estimate of drug-likeness (QED) is 0.519. The lowest BCUT2D eigenvalue weighted by molar-refractivity contribution is 0.102. The number of fused-ring (bicyclic) bond motifs is 1. The molecule has 9 nitrogen and oxygen atoms in total. The number of nitrogens with one attached hydrogen (secondary N) is 2. The van der Waals surface area contributed by atoms with Crippen LogP contribution in [-0.2, 0) is 10.0 Å². The second kappa shape index (κ2) is 7.32. The first-order valence-corrected chi connectivity index (χ1v) is 9.96. The van der Waals surface area contributed by atoms with E-state index in [9.17, 15) is 13.2 Å². The number of rotatable bonds is 5. The molecule has 0 aliphatic carbocycles. The lowest BCUT2D eigenvalue weighted by Gasteiger charge is -2.09. The molecular weight excluding hydrogens is 394 g/mol. The number of aryl methyl sites for hydroxylation is 1. The SMILES string of the molecule is Cc1ccnc(NS(=O)(=O)c2ccc(NC(=O)c3ccc4ocnc4c3)cc2)n1. The third-order valence-corrected chi connectivity index (χ3v) is 5.38. The number of amides is 1. The van der Waals surface area contributed by atoms with Crippen molar-refractivity contribution in [3.05, 3.63) is 72.4 Å². The Bertz CT molecular complexity index is 1300. The minimum Gasteiger partial charge on any atom is -0.443 e. The van der Waals surface area contributed by atoms with E-state index in [1.54, 1.807) is 31.2 Å². The van der Waals surface area contributed by atoms with Crippen LogP contribution in [0.25, 0.3) is 11.1 Å². The lowest BCUT2D eigenvalue weighted by Crippen LogP contribution is -2.15. The van der Waals surface area contributed by atoms with Crippen LogP contribution in [0.1, 0.15) is 16.1 Å². The monoisotopic (exact) mass is 409 g/mol. The van der Waals surface area contributed by atoms with Crippen LogP contribution in [0.5, 0.6) is 0 Å². The van der Waals surface area contributed by atoms with Gasteiger partial charge in [-0.15, -0.1) is 0 Å². The fraction of sp³-hybridized carbons (Fsp3) is 0.0526. The summed E-state index contributed by atoms with van der Waals surface area (Å²) < 4.78 is 32.4. The van der Waals surface area contributed by atoms with E-state index >= 15 is 0 Å². The van der Waals surface area contributed by atoms with Crippen molar-refractivity contribution in [1.29, 1.82) is 0 Å². The molecule has 0 saturated heterocycles. The van der Waals surface area contributed by atoms with E-state index < -0.39 is 10.0 Å². The molecule has 1 amide bonds. The standard InChI is InChI=1S/C19H15N5O4S/c1-12-8-9-20-19(22-12)24-29(26,27)15-5-3-14(4-6-15)23-18(25)13-2-7-17-16(10-13)21-11-28-17/h2-11H,1H3,(H,23,25)(H,20,22,24). The van der Waals surface area contributed by atoms with Crippen LogP contribution >= 0.6 is 0 Å². The number of sulfonamides is 1. The Kier molecular flexibility index (Phi) is 4.69. The Morgan fingerprint density at radius 3 is 2.59 bits per heavy atom. The van der Waals surface area contributed by atoms with Crippen LogP contribution in [0.4, 0.5) is 11.6 Å². The highest BCUT2D eigenvalue weighted by Gasteiger charge is 2.16. The first-order chi connectivity index (χ1) is 13.9. The van der Waals surface area contributed by atoms with Gasteiger partial charge in [-0.25, -0.2) is 28.1 Å². The number of hydrogen-bond acceptors (Lipinski definition) is 7. The van der Waals surface area contributed by atoms with Crippen molar-refractivity contribution in [2.75, 3.05) is 10.0 Å². The summed E-state index contributed by atoms with van der Waals surface area (Å²) in [5.41, 5.74) is 2.65. The zero-order chi connectivity index (χ0) is 20.4. The zero-order valence-electron chi connectivity index (χ0n) is 15.2. The molecule has 0 bridgehead atoms. The number of carbonyl (C=O) groups excluding carboxylic acids is 1. The fourth-order valence-corrected chi connectivity index (χ4v) is 3.55. The molecule has 146 valence electrons.